The molecular weight excluding hydrogens is 406 g/mol. The van der Waals surface area contributed by atoms with Gasteiger partial charge in [-0.15, -0.1) is 0 Å². The standard InChI is InChI=1S/C16H40O6P2Si2/c1-25(2,3)15-9-11-21-23(17,18)13-7-8-14-24(19,20)22-12-10-16-26(4,5)6/h7-16H2,1-6H3,(H,17,18)(H,19,20). The van der Waals surface area contributed by atoms with Crippen LogP contribution in [0.25, 0.3) is 0 Å². The monoisotopic (exact) mass is 446 g/mol. The Morgan fingerprint density at radius 1 is 0.654 bits per heavy atom. The highest BCUT2D eigenvalue weighted by atomic mass is 31.2. The molecule has 0 aliphatic heterocycles. The molecule has 10 heteroatoms. The zero-order valence-corrected chi connectivity index (χ0v) is 21.3. The summed E-state index contributed by atoms with van der Waals surface area (Å²) in [5.41, 5.74) is 0. The quantitative estimate of drug-likeness (QED) is 0.192. The fourth-order valence-electron chi connectivity index (χ4n) is 2.37. The summed E-state index contributed by atoms with van der Waals surface area (Å²) in [4.78, 5) is 19.6. The second-order valence-electron chi connectivity index (χ2n) is 9.42. The Morgan fingerprint density at radius 3 is 1.23 bits per heavy atom. The van der Waals surface area contributed by atoms with Crippen molar-refractivity contribution in [1.29, 1.82) is 0 Å². The minimum atomic E-state index is -3.59. The van der Waals surface area contributed by atoms with Gasteiger partial charge in [0.2, 0.25) is 0 Å². The SMILES string of the molecule is C[Si](C)(C)CCCOP(=O)(O)CCCCP(=O)(O)OCCC[Si](C)(C)C. The molecule has 2 unspecified atom stereocenters. The van der Waals surface area contributed by atoms with Crippen LogP contribution in [-0.4, -0.2) is 51.5 Å². The van der Waals surface area contributed by atoms with Crippen molar-refractivity contribution in [2.75, 3.05) is 25.5 Å². The first kappa shape index (κ1) is 26.7. The highest BCUT2D eigenvalue weighted by Crippen LogP contribution is 2.46. The third kappa shape index (κ3) is 18.1. The maximum absolute atomic E-state index is 12.0. The topological polar surface area (TPSA) is 93.1 Å². The molecule has 0 radical (unpaired) electrons. The molecule has 0 amide bonds. The van der Waals surface area contributed by atoms with Gasteiger partial charge in [0.15, 0.2) is 0 Å². The normalized spacial score (nSPS) is 17.7. The zero-order chi connectivity index (χ0) is 20.5. The van der Waals surface area contributed by atoms with Crippen LogP contribution in [0.15, 0.2) is 0 Å². The van der Waals surface area contributed by atoms with Crippen LogP contribution < -0.4 is 0 Å². The van der Waals surface area contributed by atoms with Crippen molar-refractivity contribution in [1.82, 2.24) is 0 Å². The average Bonchev–Trinajstić information content (AvgIpc) is 2.43. The summed E-state index contributed by atoms with van der Waals surface area (Å²) in [7, 11) is -9.49. The van der Waals surface area contributed by atoms with Gasteiger partial charge in [-0.1, -0.05) is 51.4 Å². The molecule has 0 aromatic rings. The van der Waals surface area contributed by atoms with E-state index in [2.05, 4.69) is 39.3 Å². The lowest BCUT2D eigenvalue weighted by Gasteiger charge is -2.17. The lowest BCUT2D eigenvalue weighted by atomic mass is 10.4. The first-order valence-corrected chi connectivity index (χ1v) is 20.5. The van der Waals surface area contributed by atoms with E-state index < -0.39 is 31.3 Å². The Balaban J connectivity index is 3.90. The molecule has 0 fully saturated rings. The molecule has 26 heavy (non-hydrogen) atoms. The van der Waals surface area contributed by atoms with Gasteiger partial charge in [-0.25, -0.2) is 0 Å². The third-order valence-corrected chi connectivity index (χ3v) is 10.5. The minimum Gasteiger partial charge on any atom is -0.324 e. The van der Waals surface area contributed by atoms with E-state index in [4.69, 9.17) is 9.05 Å². The van der Waals surface area contributed by atoms with Gasteiger partial charge in [0, 0.05) is 16.1 Å². The van der Waals surface area contributed by atoms with Crippen molar-refractivity contribution >= 4 is 31.3 Å². The van der Waals surface area contributed by atoms with Crippen LogP contribution in [-0.2, 0) is 18.2 Å². The Hall–Kier alpha value is 0.734. The molecule has 2 N–H and O–H groups in total. The van der Waals surface area contributed by atoms with Gasteiger partial charge in [-0.3, -0.25) is 9.13 Å². The number of unbranched alkanes of at least 4 members (excludes halogenated alkanes) is 1. The molecule has 2 atom stereocenters. The lowest BCUT2D eigenvalue weighted by Crippen LogP contribution is -2.19. The molecule has 0 bridgehead atoms. The van der Waals surface area contributed by atoms with E-state index in [0.29, 0.717) is 26.1 Å². The number of rotatable bonds is 15. The maximum atomic E-state index is 12.0. The second-order valence-corrected chi connectivity index (χ2v) is 24.6. The highest BCUT2D eigenvalue weighted by molar-refractivity contribution is 7.53. The Labute approximate surface area is 162 Å². The molecule has 0 saturated carbocycles. The molecule has 0 aliphatic carbocycles. The van der Waals surface area contributed by atoms with Crippen LogP contribution in [0.3, 0.4) is 0 Å². The van der Waals surface area contributed by atoms with Crippen LogP contribution in [0.4, 0.5) is 0 Å². The Kier molecular flexibility index (Phi) is 12.0. The zero-order valence-electron chi connectivity index (χ0n) is 17.5. The third-order valence-electron chi connectivity index (χ3n) is 3.86. The Bertz CT molecular complexity index is 444. The lowest BCUT2D eigenvalue weighted by molar-refractivity contribution is 0.255. The summed E-state index contributed by atoms with van der Waals surface area (Å²) in [6.07, 6.45) is 2.41. The predicted molar refractivity (Wildman–Crippen MR) is 116 cm³/mol. The van der Waals surface area contributed by atoms with Crippen molar-refractivity contribution in [3.05, 3.63) is 0 Å². The minimum absolute atomic E-state index is 0.0234. The van der Waals surface area contributed by atoms with Crippen LogP contribution in [0, 0.1) is 0 Å². The average molecular weight is 447 g/mol. The van der Waals surface area contributed by atoms with E-state index in [9.17, 15) is 18.9 Å². The summed E-state index contributed by atoms with van der Waals surface area (Å²) >= 11 is 0. The van der Waals surface area contributed by atoms with Crippen LogP contribution >= 0.6 is 15.2 Å². The fourth-order valence-corrected chi connectivity index (χ4v) is 7.12. The number of hydrogen-bond acceptors (Lipinski definition) is 4. The molecule has 0 aromatic carbocycles. The summed E-state index contributed by atoms with van der Waals surface area (Å²) in [5.74, 6) is 0. The van der Waals surface area contributed by atoms with Gasteiger partial charge in [-0.05, 0) is 25.7 Å². The summed E-state index contributed by atoms with van der Waals surface area (Å²) in [6.45, 7) is 14.1. The van der Waals surface area contributed by atoms with E-state index in [1.165, 1.54) is 0 Å². The summed E-state index contributed by atoms with van der Waals surface area (Å²) < 4.78 is 34.2. The smallest absolute Gasteiger partial charge is 0.324 e. The highest BCUT2D eigenvalue weighted by Gasteiger charge is 2.23. The van der Waals surface area contributed by atoms with Crippen molar-refractivity contribution in [2.45, 2.75) is 77.1 Å². The van der Waals surface area contributed by atoms with E-state index in [0.717, 1.165) is 24.9 Å². The molecular formula is C16H40O6P2Si2. The molecule has 0 saturated heterocycles. The fraction of sp³-hybridized carbons (Fsp3) is 1.00. The number of hydrogen-bond donors (Lipinski definition) is 2. The maximum Gasteiger partial charge on any atom is 0.328 e. The Morgan fingerprint density at radius 2 is 0.962 bits per heavy atom. The van der Waals surface area contributed by atoms with Gasteiger partial charge >= 0.3 is 15.2 Å². The second kappa shape index (κ2) is 11.7. The van der Waals surface area contributed by atoms with Crippen molar-refractivity contribution in [3.63, 3.8) is 0 Å². The van der Waals surface area contributed by atoms with Gasteiger partial charge < -0.3 is 18.8 Å². The van der Waals surface area contributed by atoms with Crippen molar-refractivity contribution in [2.24, 2.45) is 0 Å². The van der Waals surface area contributed by atoms with Crippen LogP contribution in [0.2, 0.25) is 51.4 Å². The van der Waals surface area contributed by atoms with E-state index in [-0.39, 0.29) is 12.3 Å². The predicted octanol–water partition coefficient (Wildman–Crippen LogP) is 5.63. The molecule has 0 aliphatic rings. The molecule has 0 rings (SSSR count). The van der Waals surface area contributed by atoms with E-state index >= 15 is 0 Å². The largest absolute Gasteiger partial charge is 0.328 e. The van der Waals surface area contributed by atoms with Gasteiger partial charge in [-0.2, -0.15) is 0 Å². The molecule has 0 spiro atoms. The molecule has 0 heterocycles. The van der Waals surface area contributed by atoms with Crippen molar-refractivity contribution < 1.29 is 28.0 Å². The molecule has 6 nitrogen and oxygen atoms in total. The van der Waals surface area contributed by atoms with Crippen LogP contribution in [0.5, 0.6) is 0 Å². The first-order chi connectivity index (χ1) is 11.6. The van der Waals surface area contributed by atoms with Crippen LogP contribution in [0.1, 0.15) is 25.7 Å². The molecule has 158 valence electrons. The van der Waals surface area contributed by atoms with E-state index in [1.807, 2.05) is 0 Å². The first-order valence-electron chi connectivity index (χ1n) is 9.55. The van der Waals surface area contributed by atoms with E-state index in [1.54, 1.807) is 0 Å². The summed E-state index contributed by atoms with van der Waals surface area (Å²) in [6, 6.07) is 2.13. The summed E-state index contributed by atoms with van der Waals surface area (Å²) in [5, 5.41) is 0. The molecule has 0 aromatic heterocycles. The van der Waals surface area contributed by atoms with Gasteiger partial charge in [0.05, 0.1) is 25.5 Å². The van der Waals surface area contributed by atoms with Crippen molar-refractivity contribution in [3.8, 4) is 0 Å². The van der Waals surface area contributed by atoms with Gasteiger partial charge in [0.1, 0.15) is 0 Å². The van der Waals surface area contributed by atoms with Gasteiger partial charge in [0.25, 0.3) is 0 Å².